The molecule has 0 aromatic heterocycles. The molecule has 1 saturated heterocycles. The van der Waals surface area contributed by atoms with Crippen LogP contribution in [-0.2, 0) is 4.74 Å². The van der Waals surface area contributed by atoms with E-state index in [-0.39, 0.29) is 23.9 Å². The molecule has 2 N–H and O–H groups in total. The fraction of sp³-hybridized carbons (Fsp3) is 1.00. The molecule has 114 valence electrons. The van der Waals surface area contributed by atoms with Crippen LogP contribution >= 0.6 is 0 Å². The Bertz CT molecular complexity index is 281. The second-order valence-electron chi connectivity index (χ2n) is 7.19. The highest BCUT2D eigenvalue weighted by atomic mass is 16.5. The maximum atomic E-state index is 9.61. The zero-order valence-corrected chi connectivity index (χ0v) is 13.5. The molecule has 1 aliphatic heterocycles. The number of rotatable bonds is 6. The van der Waals surface area contributed by atoms with Gasteiger partial charge in [0.2, 0.25) is 0 Å². The van der Waals surface area contributed by atoms with Crippen LogP contribution in [0.4, 0.5) is 0 Å². The molecule has 0 aromatic carbocycles. The van der Waals surface area contributed by atoms with E-state index in [1.807, 2.05) is 0 Å². The molecule has 1 rings (SSSR count). The Morgan fingerprint density at radius 3 is 2.58 bits per heavy atom. The van der Waals surface area contributed by atoms with E-state index in [0.29, 0.717) is 6.04 Å². The molecule has 0 saturated carbocycles. The summed E-state index contributed by atoms with van der Waals surface area (Å²) in [6.07, 6.45) is 1.23. The van der Waals surface area contributed by atoms with Crippen molar-refractivity contribution in [2.75, 3.05) is 26.2 Å². The van der Waals surface area contributed by atoms with Gasteiger partial charge in [-0.05, 0) is 34.1 Å². The average molecular weight is 272 g/mol. The van der Waals surface area contributed by atoms with E-state index < -0.39 is 0 Å². The molecule has 4 heteroatoms. The fourth-order valence-corrected chi connectivity index (χ4v) is 3.05. The molecule has 0 spiro atoms. The van der Waals surface area contributed by atoms with E-state index in [9.17, 15) is 5.11 Å². The van der Waals surface area contributed by atoms with Gasteiger partial charge >= 0.3 is 0 Å². The molecule has 0 aromatic rings. The zero-order chi connectivity index (χ0) is 14.7. The van der Waals surface area contributed by atoms with Crippen LogP contribution in [0.2, 0.25) is 0 Å². The molecule has 1 fully saturated rings. The van der Waals surface area contributed by atoms with Gasteiger partial charge in [-0.3, -0.25) is 4.90 Å². The zero-order valence-electron chi connectivity index (χ0n) is 13.5. The van der Waals surface area contributed by atoms with Gasteiger partial charge in [0.1, 0.15) is 0 Å². The number of hydrogen-bond donors (Lipinski definition) is 2. The molecule has 4 nitrogen and oxygen atoms in total. The second kappa shape index (κ2) is 6.53. The van der Waals surface area contributed by atoms with Gasteiger partial charge in [-0.25, -0.2) is 0 Å². The summed E-state index contributed by atoms with van der Waals surface area (Å²) < 4.78 is 5.92. The molecule has 1 heterocycles. The molecule has 2 unspecified atom stereocenters. The largest absolute Gasteiger partial charge is 0.394 e. The Kier molecular flexibility index (Phi) is 5.80. The minimum absolute atomic E-state index is 0.0707. The van der Waals surface area contributed by atoms with Gasteiger partial charge in [-0.1, -0.05) is 13.8 Å². The Hall–Kier alpha value is -0.160. The van der Waals surface area contributed by atoms with Crippen molar-refractivity contribution in [2.45, 2.75) is 71.2 Å². The number of nitrogens with zero attached hydrogens (tertiary/aromatic N) is 1. The third-order valence-corrected chi connectivity index (χ3v) is 3.61. The molecule has 0 bridgehead atoms. The van der Waals surface area contributed by atoms with Gasteiger partial charge in [0, 0.05) is 31.2 Å². The van der Waals surface area contributed by atoms with Crippen LogP contribution < -0.4 is 5.32 Å². The highest BCUT2D eigenvalue weighted by molar-refractivity contribution is 4.88. The second-order valence-corrected chi connectivity index (χ2v) is 7.19. The molecule has 0 aliphatic carbocycles. The van der Waals surface area contributed by atoms with Crippen molar-refractivity contribution in [3.63, 3.8) is 0 Å². The van der Waals surface area contributed by atoms with Crippen molar-refractivity contribution in [3.05, 3.63) is 0 Å². The monoisotopic (exact) mass is 272 g/mol. The van der Waals surface area contributed by atoms with Crippen LogP contribution in [-0.4, -0.2) is 59.5 Å². The molecular weight excluding hydrogens is 240 g/mol. The van der Waals surface area contributed by atoms with Crippen molar-refractivity contribution < 1.29 is 9.84 Å². The lowest BCUT2D eigenvalue weighted by atomic mass is 9.96. The van der Waals surface area contributed by atoms with Gasteiger partial charge < -0.3 is 15.2 Å². The molecule has 1 aliphatic rings. The quantitative estimate of drug-likeness (QED) is 0.771. The molecule has 0 amide bonds. The van der Waals surface area contributed by atoms with E-state index in [2.05, 4.69) is 51.8 Å². The number of morpholine rings is 1. The van der Waals surface area contributed by atoms with E-state index in [1.165, 1.54) is 0 Å². The van der Waals surface area contributed by atoms with Gasteiger partial charge in [-0.2, -0.15) is 0 Å². The maximum Gasteiger partial charge on any atom is 0.0757 e. The van der Waals surface area contributed by atoms with Gasteiger partial charge in [0.05, 0.1) is 18.3 Å². The third-order valence-electron chi connectivity index (χ3n) is 3.61. The number of ether oxygens (including phenoxy) is 1. The van der Waals surface area contributed by atoms with E-state index >= 15 is 0 Å². The standard InChI is InChI=1S/C15H32N2O2/c1-12(2)16-15(6,11-18)7-8-17-9-13(3)19-14(4,5)10-17/h12-13,16,18H,7-11H2,1-6H3. The average Bonchev–Trinajstić information content (AvgIpc) is 2.23. The van der Waals surface area contributed by atoms with Gasteiger partial charge in [0.15, 0.2) is 0 Å². The lowest BCUT2D eigenvalue weighted by Gasteiger charge is -2.43. The highest BCUT2D eigenvalue weighted by Gasteiger charge is 2.32. The number of aliphatic hydroxyl groups is 1. The van der Waals surface area contributed by atoms with Crippen LogP contribution in [0.25, 0.3) is 0 Å². The molecule has 2 atom stereocenters. The Balaban J connectivity index is 2.50. The van der Waals surface area contributed by atoms with Crippen LogP contribution in [0.15, 0.2) is 0 Å². The summed E-state index contributed by atoms with van der Waals surface area (Å²) >= 11 is 0. The van der Waals surface area contributed by atoms with Gasteiger partial charge in [0.25, 0.3) is 0 Å². The Labute approximate surface area is 118 Å². The maximum absolute atomic E-state index is 9.61. The predicted molar refractivity (Wildman–Crippen MR) is 79.4 cm³/mol. The normalized spacial score (nSPS) is 27.5. The summed E-state index contributed by atoms with van der Waals surface area (Å²) in [6, 6.07) is 0.386. The molecular formula is C15H32N2O2. The van der Waals surface area contributed by atoms with Crippen molar-refractivity contribution in [3.8, 4) is 0 Å². The highest BCUT2D eigenvalue weighted by Crippen LogP contribution is 2.22. The lowest BCUT2D eigenvalue weighted by Crippen LogP contribution is -2.55. The Morgan fingerprint density at radius 2 is 2.11 bits per heavy atom. The Morgan fingerprint density at radius 1 is 1.47 bits per heavy atom. The lowest BCUT2D eigenvalue weighted by molar-refractivity contribution is -0.129. The molecule has 19 heavy (non-hydrogen) atoms. The number of nitrogens with one attached hydrogen (secondary N) is 1. The van der Waals surface area contributed by atoms with Crippen molar-refractivity contribution in [2.24, 2.45) is 0 Å². The van der Waals surface area contributed by atoms with E-state index in [4.69, 9.17) is 4.74 Å². The SMILES string of the molecule is CC(C)NC(C)(CO)CCN1CC(C)OC(C)(C)C1. The van der Waals surface area contributed by atoms with E-state index in [1.54, 1.807) is 0 Å². The summed E-state index contributed by atoms with van der Waals surface area (Å²) in [5.74, 6) is 0. The predicted octanol–water partition coefficient (Wildman–Crippen LogP) is 1.62. The molecule has 0 radical (unpaired) electrons. The van der Waals surface area contributed by atoms with Gasteiger partial charge in [-0.15, -0.1) is 0 Å². The van der Waals surface area contributed by atoms with Crippen LogP contribution in [0.1, 0.15) is 48.0 Å². The topological polar surface area (TPSA) is 44.7 Å². The first-order chi connectivity index (χ1) is 8.66. The number of hydrogen-bond acceptors (Lipinski definition) is 4. The summed E-state index contributed by atoms with van der Waals surface area (Å²) in [5, 5.41) is 13.1. The number of aliphatic hydroxyl groups excluding tert-OH is 1. The fourth-order valence-electron chi connectivity index (χ4n) is 3.05. The first kappa shape index (κ1) is 16.9. The summed E-state index contributed by atoms with van der Waals surface area (Å²) in [4.78, 5) is 2.45. The van der Waals surface area contributed by atoms with Crippen molar-refractivity contribution in [1.29, 1.82) is 0 Å². The van der Waals surface area contributed by atoms with E-state index in [0.717, 1.165) is 26.1 Å². The van der Waals surface area contributed by atoms with Crippen LogP contribution in [0, 0.1) is 0 Å². The first-order valence-corrected chi connectivity index (χ1v) is 7.44. The minimum atomic E-state index is -0.195. The summed E-state index contributed by atoms with van der Waals surface area (Å²) in [6.45, 7) is 15.9. The smallest absolute Gasteiger partial charge is 0.0757 e. The van der Waals surface area contributed by atoms with Crippen LogP contribution in [0.3, 0.4) is 0 Å². The van der Waals surface area contributed by atoms with Crippen LogP contribution in [0.5, 0.6) is 0 Å². The van der Waals surface area contributed by atoms with Crippen molar-refractivity contribution >= 4 is 0 Å². The van der Waals surface area contributed by atoms with Crippen molar-refractivity contribution in [1.82, 2.24) is 10.2 Å². The summed E-state index contributed by atoms with van der Waals surface area (Å²) in [5.41, 5.74) is -0.265. The minimum Gasteiger partial charge on any atom is -0.394 e. The first-order valence-electron chi connectivity index (χ1n) is 7.44. The third kappa shape index (κ3) is 5.78. The summed E-state index contributed by atoms with van der Waals surface area (Å²) in [7, 11) is 0.